The molecule has 0 aliphatic carbocycles. The van der Waals surface area contributed by atoms with E-state index in [2.05, 4.69) is 18.8 Å². The molecule has 0 fully saturated rings. The fourth-order valence-electron chi connectivity index (χ4n) is 1.73. The van der Waals surface area contributed by atoms with Crippen molar-refractivity contribution in [2.75, 3.05) is 19.6 Å². The molecule has 1 amide bonds. The topological polar surface area (TPSA) is 59.2 Å². The number of likely N-dealkylation sites (N-methyl/N-ethyl adjacent to an activating group) is 1. The van der Waals surface area contributed by atoms with Crippen molar-refractivity contribution in [2.24, 2.45) is 11.1 Å². The van der Waals surface area contributed by atoms with Gasteiger partial charge in [0, 0.05) is 25.0 Å². The Balaban J connectivity index is 2.63. The highest BCUT2D eigenvalue weighted by Gasteiger charge is 2.22. The number of pyridine rings is 1. The molecule has 0 saturated carbocycles. The Hall–Kier alpha value is -1.42. The summed E-state index contributed by atoms with van der Waals surface area (Å²) < 4.78 is 0. The van der Waals surface area contributed by atoms with Crippen molar-refractivity contribution >= 4 is 5.91 Å². The Morgan fingerprint density at radius 2 is 2.17 bits per heavy atom. The van der Waals surface area contributed by atoms with E-state index in [0.717, 1.165) is 5.69 Å². The molecule has 0 unspecified atom stereocenters. The highest BCUT2D eigenvalue weighted by atomic mass is 16.2. The van der Waals surface area contributed by atoms with E-state index in [-0.39, 0.29) is 11.3 Å². The summed E-state index contributed by atoms with van der Waals surface area (Å²) in [6, 6.07) is 5.62. The molecule has 0 atom stereocenters. The third-order valence-electron chi connectivity index (χ3n) is 2.96. The number of aromatic nitrogens is 1. The second kappa shape index (κ2) is 6.50. The lowest BCUT2D eigenvalue weighted by molar-refractivity contribution is -0.131. The number of amides is 1. The molecule has 1 aromatic rings. The molecule has 4 heteroatoms. The number of hydrogen-bond acceptors (Lipinski definition) is 3. The first-order chi connectivity index (χ1) is 8.48. The van der Waals surface area contributed by atoms with E-state index < -0.39 is 0 Å². The highest BCUT2D eigenvalue weighted by molar-refractivity contribution is 5.78. The Morgan fingerprint density at radius 3 is 2.67 bits per heavy atom. The van der Waals surface area contributed by atoms with Gasteiger partial charge in [-0.25, -0.2) is 0 Å². The van der Waals surface area contributed by atoms with Gasteiger partial charge >= 0.3 is 0 Å². The first-order valence-electron chi connectivity index (χ1n) is 6.36. The predicted molar refractivity (Wildman–Crippen MR) is 73.0 cm³/mol. The van der Waals surface area contributed by atoms with Gasteiger partial charge in [-0.3, -0.25) is 9.78 Å². The van der Waals surface area contributed by atoms with Gasteiger partial charge in [-0.15, -0.1) is 0 Å². The number of nitrogens with two attached hydrogens (primary N) is 1. The van der Waals surface area contributed by atoms with Crippen LogP contribution in [0.15, 0.2) is 24.4 Å². The molecule has 100 valence electrons. The van der Waals surface area contributed by atoms with Crippen LogP contribution in [0.1, 0.15) is 26.5 Å². The standard InChI is InChI=1S/C14H23N3O/c1-4-17(11-14(2,3)10-15)13(18)9-12-7-5-6-8-16-12/h5-8H,4,9-11,15H2,1-3H3. The van der Waals surface area contributed by atoms with Crippen molar-refractivity contribution in [2.45, 2.75) is 27.2 Å². The van der Waals surface area contributed by atoms with Gasteiger partial charge in [0.2, 0.25) is 5.91 Å². The zero-order valence-corrected chi connectivity index (χ0v) is 11.5. The van der Waals surface area contributed by atoms with Gasteiger partial charge in [0.05, 0.1) is 6.42 Å². The van der Waals surface area contributed by atoms with Crippen LogP contribution in [0.25, 0.3) is 0 Å². The maximum absolute atomic E-state index is 12.2. The van der Waals surface area contributed by atoms with Crippen LogP contribution in [-0.2, 0) is 11.2 Å². The van der Waals surface area contributed by atoms with Crippen molar-refractivity contribution < 1.29 is 4.79 Å². The van der Waals surface area contributed by atoms with Gasteiger partial charge in [0.25, 0.3) is 0 Å². The van der Waals surface area contributed by atoms with E-state index in [9.17, 15) is 4.79 Å². The van der Waals surface area contributed by atoms with Crippen LogP contribution in [0.4, 0.5) is 0 Å². The van der Waals surface area contributed by atoms with Crippen LogP contribution in [-0.4, -0.2) is 35.4 Å². The largest absolute Gasteiger partial charge is 0.342 e. The summed E-state index contributed by atoms with van der Waals surface area (Å²) in [5.41, 5.74) is 6.48. The number of nitrogens with zero attached hydrogens (tertiary/aromatic N) is 2. The summed E-state index contributed by atoms with van der Waals surface area (Å²) in [5.74, 6) is 0.109. The number of carbonyl (C=O) groups is 1. The molecule has 0 spiro atoms. The van der Waals surface area contributed by atoms with Gasteiger partial charge in [0.1, 0.15) is 0 Å². The molecule has 0 radical (unpaired) electrons. The molecule has 0 aliphatic heterocycles. The predicted octanol–water partition coefficient (Wildman–Crippen LogP) is 1.46. The maximum atomic E-state index is 12.2. The van der Waals surface area contributed by atoms with Gasteiger partial charge in [-0.2, -0.15) is 0 Å². The lowest BCUT2D eigenvalue weighted by Gasteiger charge is -2.31. The van der Waals surface area contributed by atoms with E-state index in [1.807, 2.05) is 30.0 Å². The Morgan fingerprint density at radius 1 is 1.44 bits per heavy atom. The molecule has 1 rings (SSSR count). The molecule has 0 saturated heterocycles. The molecule has 4 nitrogen and oxygen atoms in total. The van der Waals surface area contributed by atoms with E-state index >= 15 is 0 Å². The molecular formula is C14H23N3O. The smallest absolute Gasteiger partial charge is 0.228 e. The summed E-state index contributed by atoms with van der Waals surface area (Å²) in [6.45, 7) is 8.09. The quantitative estimate of drug-likeness (QED) is 0.830. The van der Waals surface area contributed by atoms with E-state index in [4.69, 9.17) is 5.73 Å². The summed E-state index contributed by atoms with van der Waals surface area (Å²) in [4.78, 5) is 18.2. The summed E-state index contributed by atoms with van der Waals surface area (Å²) >= 11 is 0. The first-order valence-corrected chi connectivity index (χ1v) is 6.36. The zero-order chi connectivity index (χ0) is 13.6. The third-order valence-corrected chi connectivity index (χ3v) is 2.96. The first kappa shape index (κ1) is 14.6. The third kappa shape index (κ3) is 4.45. The molecule has 18 heavy (non-hydrogen) atoms. The molecule has 0 aromatic carbocycles. The average molecular weight is 249 g/mol. The SMILES string of the molecule is CCN(CC(C)(C)CN)C(=O)Cc1ccccn1. The summed E-state index contributed by atoms with van der Waals surface area (Å²) in [7, 11) is 0. The highest BCUT2D eigenvalue weighted by Crippen LogP contribution is 2.15. The lowest BCUT2D eigenvalue weighted by atomic mass is 9.93. The van der Waals surface area contributed by atoms with Gasteiger partial charge in [-0.1, -0.05) is 19.9 Å². The Labute approximate surface area is 109 Å². The van der Waals surface area contributed by atoms with Crippen molar-refractivity contribution in [1.82, 2.24) is 9.88 Å². The number of hydrogen-bond donors (Lipinski definition) is 1. The fourth-order valence-corrected chi connectivity index (χ4v) is 1.73. The average Bonchev–Trinajstić information content (AvgIpc) is 2.37. The molecule has 0 aliphatic rings. The van der Waals surface area contributed by atoms with Crippen LogP contribution >= 0.6 is 0 Å². The normalized spacial score (nSPS) is 11.3. The van der Waals surface area contributed by atoms with Crippen LogP contribution in [0.5, 0.6) is 0 Å². The minimum atomic E-state index is -0.0458. The monoisotopic (exact) mass is 249 g/mol. The van der Waals surface area contributed by atoms with Gasteiger partial charge in [-0.05, 0) is 31.0 Å². The molecule has 1 heterocycles. The second-order valence-corrected chi connectivity index (χ2v) is 5.27. The van der Waals surface area contributed by atoms with Crippen molar-refractivity contribution in [1.29, 1.82) is 0 Å². The van der Waals surface area contributed by atoms with Crippen LogP contribution in [0.3, 0.4) is 0 Å². The molecule has 1 aromatic heterocycles. The Kier molecular flexibility index (Phi) is 5.28. The van der Waals surface area contributed by atoms with Gasteiger partial charge < -0.3 is 10.6 Å². The summed E-state index contributed by atoms with van der Waals surface area (Å²) in [5, 5.41) is 0. The molecule has 0 bridgehead atoms. The lowest BCUT2D eigenvalue weighted by Crippen LogP contribution is -2.42. The minimum Gasteiger partial charge on any atom is -0.342 e. The fraction of sp³-hybridized carbons (Fsp3) is 0.571. The van der Waals surface area contributed by atoms with Gasteiger partial charge in [0.15, 0.2) is 0 Å². The van der Waals surface area contributed by atoms with E-state index in [1.54, 1.807) is 6.20 Å². The van der Waals surface area contributed by atoms with Crippen LogP contribution < -0.4 is 5.73 Å². The number of rotatable bonds is 6. The van der Waals surface area contributed by atoms with Crippen molar-refractivity contribution in [3.8, 4) is 0 Å². The zero-order valence-electron chi connectivity index (χ0n) is 11.5. The van der Waals surface area contributed by atoms with Crippen LogP contribution in [0.2, 0.25) is 0 Å². The van der Waals surface area contributed by atoms with Crippen molar-refractivity contribution in [3.05, 3.63) is 30.1 Å². The Bertz CT molecular complexity index is 376. The maximum Gasteiger partial charge on any atom is 0.228 e. The second-order valence-electron chi connectivity index (χ2n) is 5.27. The van der Waals surface area contributed by atoms with E-state index in [0.29, 0.717) is 26.1 Å². The molecular weight excluding hydrogens is 226 g/mol. The van der Waals surface area contributed by atoms with E-state index in [1.165, 1.54) is 0 Å². The van der Waals surface area contributed by atoms with Crippen molar-refractivity contribution in [3.63, 3.8) is 0 Å². The molecule has 2 N–H and O–H groups in total. The number of carbonyl (C=O) groups excluding carboxylic acids is 1. The summed E-state index contributed by atoms with van der Waals surface area (Å²) in [6.07, 6.45) is 2.07. The minimum absolute atomic E-state index is 0.0458. The van der Waals surface area contributed by atoms with Crippen LogP contribution in [0, 0.1) is 5.41 Å².